The Bertz CT molecular complexity index is 889. The molecule has 1 aliphatic heterocycles. The van der Waals surface area contributed by atoms with E-state index in [4.69, 9.17) is 4.74 Å². The minimum atomic E-state index is -0.156. The smallest absolute Gasteiger partial charge is 0.329 e. The number of para-hydroxylation sites is 2. The van der Waals surface area contributed by atoms with Crippen molar-refractivity contribution in [3.63, 3.8) is 0 Å². The molecule has 1 saturated heterocycles. The van der Waals surface area contributed by atoms with Crippen molar-refractivity contribution in [3.05, 3.63) is 34.7 Å². The van der Waals surface area contributed by atoms with Gasteiger partial charge in [0.05, 0.1) is 24.2 Å². The van der Waals surface area contributed by atoms with Crippen molar-refractivity contribution < 1.29 is 9.53 Å². The molecular weight excluding hydrogens is 356 g/mol. The zero-order valence-corrected chi connectivity index (χ0v) is 16.7. The third-order valence-corrected chi connectivity index (χ3v) is 6.43. The van der Waals surface area contributed by atoms with E-state index < -0.39 is 0 Å². The maximum Gasteiger partial charge on any atom is 0.329 e. The lowest BCUT2D eigenvalue weighted by Crippen LogP contribution is -2.59. The Balaban J connectivity index is 1.47. The second kappa shape index (κ2) is 8.09. The highest BCUT2D eigenvalue weighted by Gasteiger charge is 2.38. The van der Waals surface area contributed by atoms with Crippen molar-refractivity contribution in [1.29, 1.82) is 0 Å². The summed E-state index contributed by atoms with van der Waals surface area (Å²) in [6, 6.07) is 7.59. The summed E-state index contributed by atoms with van der Waals surface area (Å²) in [5.74, 6) is -0.100. The Kier molecular flexibility index (Phi) is 5.55. The molecule has 2 heterocycles. The zero-order valence-electron chi connectivity index (χ0n) is 16.7. The van der Waals surface area contributed by atoms with Crippen LogP contribution in [0.5, 0.6) is 0 Å². The van der Waals surface area contributed by atoms with Crippen LogP contribution in [-0.2, 0) is 23.1 Å². The number of fused-ring (bicyclic) bond motifs is 1. The quantitative estimate of drug-likeness (QED) is 0.845. The normalized spacial score (nSPS) is 20.3. The SMILES string of the molecule is Cn1c(=O)n(CC(=O)NCC2(N3CCOCC3)CCCCC2)c2ccccc21. The number of carbonyl (C=O) groups is 1. The summed E-state index contributed by atoms with van der Waals surface area (Å²) in [6.07, 6.45) is 5.90. The molecule has 1 saturated carbocycles. The van der Waals surface area contributed by atoms with Crippen molar-refractivity contribution in [1.82, 2.24) is 19.4 Å². The monoisotopic (exact) mass is 386 g/mol. The van der Waals surface area contributed by atoms with Gasteiger partial charge in [-0.05, 0) is 25.0 Å². The second-order valence-electron chi connectivity index (χ2n) is 8.08. The van der Waals surface area contributed by atoms with E-state index in [-0.39, 0.29) is 23.7 Å². The maximum absolute atomic E-state index is 12.8. The van der Waals surface area contributed by atoms with Gasteiger partial charge in [0.25, 0.3) is 0 Å². The molecule has 7 heteroatoms. The molecule has 152 valence electrons. The average molecular weight is 386 g/mol. The molecule has 2 aliphatic rings. The van der Waals surface area contributed by atoms with Gasteiger partial charge in [-0.15, -0.1) is 0 Å². The highest BCUT2D eigenvalue weighted by molar-refractivity contribution is 5.80. The lowest BCUT2D eigenvalue weighted by molar-refractivity contribution is -0.123. The summed E-state index contributed by atoms with van der Waals surface area (Å²) in [7, 11) is 1.74. The van der Waals surface area contributed by atoms with Crippen LogP contribution in [-0.4, -0.2) is 58.3 Å². The summed E-state index contributed by atoms with van der Waals surface area (Å²) < 4.78 is 8.69. The average Bonchev–Trinajstić information content (AvgIpc) is 2.99. The molecule has 28 heavy (non-hydrogen) atoms. The minimum absolute atomic E-state index is 0.0292. The van der Waals surface area contributed by atoms with Gasteiger partial charge in [-0.3, -0.25) is 18.8 Å². The molecule has 2 aromatic rings. The molecule has 2 fully saturated rings. The Morgan fingerprint density at radius 3 is 2.50 bits per heavy atom. The third-order valence-electron chi connectivity index (χ3n) is 6.43. The minimum Gasteiger partial charge on any atom is -0.379 e. The molecule has 0 spiro atoms. The molecule has 4 rings (SSSR count). The first-order chi connectivity index (χ1) is 13.6. The van der Waals surface area contributed by atoms with Crippen molar-refractivity contribution in [2.75, 3.05) is 32.8 Å². The predicted molar refractivity (Wildman–Crippen MR) is 108 cm³/mol. The number of benzene rings is 1. The van der Waals surface area contributed by atoms with Gasteiger partial charge in [0.1, 0.15) is 6.54 Å². The molecule has 1 aromatic heterocycles. The molecule has 0 atom stereocenters. The van der Waals surface area contributed by atoms with Crippen molar-refractivity contribution in [3.8, 4) is 0 Å². The van der Waals surface area contributed by atoms with Gasteiger partial charge in [-0.1, -0.05) is 31.4 Å². The predicted octanol–water partition coefficient (Wildman–Crippen LogP) is 1.49. The number of aryl methyl sites for hydroxylation is 1. The number of carbonyl (C=O) groups excluding carboxylic acids is 1. The summed E-state index contributed by atoms with van der Waals surface area (Å²) in [4.78, 5) is 27.8. The molecule has 1 N–H and O–H groups in total. The number of imidazole rings is 1. The number of hydrogen-bond donors (Lipinski definition) is 1. The molecule has 0 unspecified atom stereocenters. The number of nitrogens with one attached hydrogen (secondary N) is 1. The van der Waals surface area contributed by atoms with Gasteiger partial charge in [0.15, 0.2) is 0 Å². The van der Waals surface area contributed by atoms with Crippen molar-refractivity contribution in [2.45, 2.75) is 44.2 Å². The van der Waals surface area contributed by atoms with Crippen LogP contribution >= 0.6 is 0 Å². The fourth-order valence-corrected chi connectivity index (χ4v) is 4.83. The number of nitrogens with zero attached hydrogens (tertiary/aromatic N) is 3. The van der Waals surface area contributed by atoms with Gasteiger partial charge in [-0.25, -0.2) is 4.79 Å². The van der Waals surface area contributed by atoms with Gasteiger partial charge >= 0.3 is 5.69 Å². The van der Waals surface area contributed by atoms with Crippen LogP contribution in [0.1, 0.15) is 32.1 Å². The van der Waals surface area contributed by atoms with Crippen LogP contribution in [0, 0.1) is 0 Å². The van der Waals surface area contributed by atoms with Gasteiger partial charge in [0.2, 0.25) is 5.91 Å². The molecular formula is C21H30N4O3. The molecule has 0 bridgehead atoms. The largest absolute Gasteiger partial charge is 0.379 e. The van der Waals surface area contributed by atoms with Crippen LogP contribution in [0.4, 0.5) is 0 Å². The molecule has 0 radical (unpaired) electrons. The number of aromatic nitrogens is 2. The third kappa shape index (κ3) is 3.61. The number of rotatable bonds is 5. The summed E-state index contributed by atoms with van der Waals surface area (Å²) >= 11 is 0. The summed E-state index contributed by atoms with van der Waals surface area (Å²) in [5, 5.41) is 3.15. The number of ether oxygens (including phenoxy) is 1. The van der Waals surface area contributed by atoms with Crippen LogP contribution in [0.15, 0.2) is 29.1 Å². The number of amides is 1. The lowest BCUT2D eigenvalue weighted by atomic mass is 9.79. The van der Waals surface area contributed by atoms with Gasteiger partial charge in [-0.2, -0.15) is 0 Å². The zero-order chi connectivity index (χ0) is 19.6. The topological polar surface area (TPSA) is 68.5 Å². The molecule has 1 aromatic carbocycles. The van der Waals surface area contributed by atoms with Crippen LogP contribution in [0.3, 0.4) is 0 Å². The van der Waals surface area contributed by atoms with Crippen molar-refractivity contribution >= 4 is 16.9 Å². The summed E-state index contributed by atoms with van der Waals surface area (Å²) in [6.45, 7) is 4.09. The van der Waals surface area contributed by atoms with Crippen LogP contribution < -0.4 is 11.0 Å². The number of hydrogen-bond acceptors (Lipinski definition) is 4. The maximum atomic E-state index is 12.8. The first-order valence-electron chi connectivity index (χ1n) is 10.3. The van der Waals surface area contributed by atoms with E-state index in [0.29, 0.717) is 6.54 Å². The highest BCUT2D eigenvalue weighted by atomic mass is 16.5. The fourth-order valence-electron chi connectivity index (χ4n) is 4.83. The van der Waals surface area contributed by atoms with E-state index in [0.717, 1.165) is 50.2 Å². The standard InChI is InChI=1S/C21H30N4O3/c1-23-17-7-3-4-8-18(17)25(20(23)27)15-19(26)22-16-21(9-5-2-6-10-21)24-11-13-28-14-12-24/h3-4,7-8H,2,5-6,9-16H2,1H3,(H,22,26). The second-order valence-corrected chi connectivity index (χ2v) is 8.08. The summed E-state index contributed by atoms with van der Waals surface area (Å²) in [5.41, 5.74) is 1.52. The first kappa shape index (κ1) is 19.2. The number of morpholine rings is 1. The van der Waals surface area contributed by atoms with E-state index in [2.05, 4.69) is 10.2 Å². The first-order valence-corrected chi connectivity index (χ1v) is 10.3. The van der Waals surface area contributed by atoms with E-state index in [9.17, 15) is 9.59 Å². The highest BCUT2D eigenvalue weighted by Crippen LogP contribution is 2.33. The van der Waals surface area contributed by atoms with Crippen LogP contribution in [0.2, 0.25) is 0 Å². The fraction of sp³-hybridized carbons (Fsp3) is 0.619. The molecule has 7 nitrogen and oxygen atoms in total. The van der Waals surface area contributed by atoms with E-state index >= 15 is 0 Å². The molecule has 1 aliphatic carbocycles. The van der Waals surface area contributed by atoms with Gasteiger partial charge in [0, 0.05) is 32.2 Å². The van der Waals surface area contributed by atoms with Crippen molar-refractivity contribution in [2.24, 2.45) is 7.05 Å². The lowest BCUT2D eigenvalue weighted by Gasteiger charge is -2.48. The Hall–Kier alpha value is -2.12. The van der Waals surface area contributed by atoms with E-state index in [1.54, 1.807) is 16.2 Å². The Morgan fingerprint density at radius 2 is 1.79 bits per heavy atom. The van der Waals surface area contributed by atoms with Crippen LogP contribution in [0.25, 0.3) is 11.0 Å². The Morgan fingerprint density at radius 1 is 1.11 bits per heavy atom. The Labute approximate surface area is 165 Å². The van der Waals surface area contributed by atoms with Gasteiger partial charge < -0.3 is 10.1 Å². The van der Waals surface area contributed by atoms with E-state index in [1.165, 1.54) is 19.3 Å². The molecule has 1 amide bonds. The van der Waals surface area contributed by atoms with E-state index in [1.807, 2.05) is 24.3 Å².